The van der Waals surface area contributed by atoms with Crippen molar-refractivity contribution >= 4 is 11.8 Å². The van der Waals surface area contributed by atoms with Crippen LogP contribution in [-0.4, -0.2) is 77.5 Å². The summed E-state index contributed by atoms with van der Waals surface area (Å²) in [6, 6.07) is 7.94. The van der Waals surface area contributed by atoms with E-state index in [4.69, 9.17) is 15.0 Å². The van der Waals surface area contributed by atoms with E-state index in [0.717, 1.165) is 94.0 Å². The van der Waals surface area contributed by atoms with Crippen LogP contribution in [0.2, 0.25) is 0 Å². The number of hydrogen-bond donors (Lipinski definition) is 4. The van der Waals surface area contributed by atoms with Gasteiger partial charge in [0, 0.05) is 58.1 Å². The zero-order valence-electron chi connectivity index (χ0n) is 20.8. The summed E-state index contributed by atoms with van der Waals surface area (Å²) in [6.07, 6.45) is 2.01. The SMILES string of the molecule is OC(CCc1cc(C2(O)CC2)nc(N2C[C@H]3CNC[C@H]3C2)n1)c1cccc(N2C[C@H]3CNC[C@H]3C2)n1. The number of nitrogens with zero attached hydrogens (tertiary/aromatic N) is 5. The number of aromatic nitrogens is 3. The van der Waals surface area contributed by atoms with Crippen molar-refractivity contribution < 1.29 is 10.2 Å². The standard InChI is InChI=1S/C27H37N7O2/c35-23(22-2-1-3-25(31-22)33-13-17-9-28-10-18(17)14-33)5-4-21-8-24(27(36)6-7-27)32-26(30-21)34-15-19-11-29-12-20(19)16-34/h1-3,8,17-20,23,28-29,35-36H,4-7,9-16H2/t17-,18+,19-,20+,23?. The van der Waals surface area contributed by atoms with Crippen molar-refractivity contribution in [1.29, 1.82) is 0 Å². The molecular weight excluding hydrogens is 454 g/mol. The number of anilines is 2. The number of fused-ring (bicyclic) bond motifs is 2. The van der Waals surface area contributed by atoms with Gasteiger partial charge in [0.15, 0.2) is 0 Å². The van der Waals surface area contributed by atoms with Crippen molar-refractivity contribution in [3.63, 3.8) is 0 Å². The molecule has 0 bridgehead atoms. The lowest BCUT2D eigenvalue weighted by atomic mass is 10.0. The Morgan fingerprint density at radius 1 is 0.889 bits per heavy atom. The molecule has 2 aromatic rings. The highest BCUT2D eigenvalue weighted by atomic mass is 16.3. The minimum absolute atomic E-state index is 0.537. The number of rotatable bonds is 7. The molecule has 6 heterocycles. The van der Waals surface area contributed by atoms with Crippen molar-refractivity contribution in [2.75, 3.05) is 62.2 Å². The van der Waals surface area contributed by atoms with E-state index in [-0.39, 0.29) is 0 Å². The smallest absolute Gasteiger partial charge is 0.225 e. The minimum Gasteiger partial charge on any atom is -0.387 e. The van der Waals surface area contributed by atoms with E-state index in [2.05, 4.69) is 26.5 Å². The summed E-state index contributed by atoms with van der Waals surface area (Å²) >= 11 is 0. The number of hydrogen-bond acceptors (Lipinski definition) is 9. The fraction of sp³-hybridized carbons (Fsp3) is 0.667. The third kappa shape index (κ3) is 4.26. The lowest BCUT2D eigenvalue weighted by molar-refractivity contribution is 0.146. The summed E-state index contributed by atoms with van der Waals surface area (Å²) in [6.45, 7) is 8.31. The van der Waals surface area contributed by atoms with Gasteiger partial charge in [-0.2, -0.15) is 0 Å². The highest BCUT2D eigenvalue weighted by Crippen LogP contribution is 2.45. The molecule has 2 aromatic heterocycles. The van der Waals surface area contributed by atoms with Gasteiger partial charge in [-0.3, -0.25) is 0 Å². The molecule has 7 rings (SSSR count). The van der Waals surface area contributed by atoms with Gasteiger partial charge in [0.05, 0.1) is 17.5 Å². The first-order valence-corrected chi connectivity index (χ1v) is 13.7. The van der Waals surface area contributed by atoms with Crippen LogP contribution in [0.4, 0.5) is 11.8 Å². The molecule has 0 aromatic carbocycles. The predicted molar refractivity (Wildman–Crippen MR) is 137 cm³/mol. The second-order valence-electron chi connectivity index (χ2n) is 11.7. The minimum atomic E-state index is -0.804. The Balaban J connectivity index is 1.05. The monoisotopic (exact) mass is 491 g/mol. The van der Waals surface area contributed by atoms with Crippen LogP contribution in [0.25, 0.3) is 0 Å². The van der Waals surface area contributed by atoms with Crippen LogP contribution in [0.5, 0.6) is 0 Å². The highest BCUT2D eigenvalue weighted by molar-refractivity contribution is 5.42. The Hall–Kier alpha value is -2.33. The number of aliphatic hydroxyl groups excluding tert-OH is 1. The van der Waals surface area contributed by atoms with Gasteiger partial charge in [-0.25, -0.2) is 15.0 Å². The first-order chi connectivity index (χ1) is 17.5. The molecule has 36 heavy (non-hydrogen) atoms. The molecule has 5 aliphatic rings. The van der Waals surface area contributed by atoms with E-state index in [1.807, 2.05) is 18.2 Å². The number of aryl methyl sites for hydroxylation is 1. The van der Waals surface area contributed by atoms with Gasteiger partial charge in [-0.05, 0) is 67.6 Å². The van der Waals surface area contributed by atoms with E-state index in [0.29, 0.717) is 36.5 Å². The Kier molecular flexibility index (Phi) is 5.65. The van der Waals surface area contributed by atoms with Crippen LogP contribution in [0.3, 0.4) is 0 Å². The number of nitrogens with one attached hydrogen (secondary N) is 2. The third-order valence-electron chi connectivity index (χ3n) is 9.12. The number of pyridine rings is 1. The molecule has 4 aliphatic heterocycles. The van der Waals surface area contributed by atoms with Gasteiger partial charge in [0.1, 0.15) is 11.4 Å². The Morgan fingerprint density at radius 2 is 1.53 bits per heavy atom. The summed E-state index contributed by atoms with van der Waals surface area (Å²) in [4.78, 5) is 19.2. The van der Waals surface area contributed by atoms with Gasteiger partial charge in [0.25, 0.3) is 0 Å². The van der Waals surface area contributed by atoms with E-state index in [1.165, 1.54) is 0 Å². The van der Waals surface area contributed by atoms with Gasteiger partial charge in [0.2, 0.25) is 5.95 Å². The average molecular weight is 492 g/mol. The maximum absolute atomic E-state index is 11.0. The van der Waals surface area contributed by atoms with Crippen molar-refractivity contribution in [2.24, 2.45) is 23.7 Å². The van der Waals surface area contributed by atoms with Crippen LogP contribution in [-0.2, 0) is 12.0 Å². The predicted octanol–water partition coefficient (Wildman–Crippen LogP) is 0.830. The summed E-state index contributed by atoms with van der Waals surface area (Å²) in [5, 5.41) is 28.8. The van der Waals surface area contributed by atoms with Crippen molar-refractivity contribution in [3.05, 3.63) is 41.3 Å². The zero-order chi connectivity index (χ0) is 24.3. The second-order valence-corrected chi connectivity index (χ2v) is 11.7. The molecule has 0 amide bonds. The van der Waals surface area contributed by atoms with E-state index in [1.54, 1.807) is 0 Å². The Bertz CT molecular complexity index is 1100. The maximum atomic E-state index is 11.0. The van der Waals surface area contributed by atoms with Crippen LogP contribution in [0, 0.1) is 23.7 Å². The topological polar surface area (TPSA) is 110 Å². The van der Waals surface area contributed by atoms with Crippen molar-refractivity contribution in [1.82, 2.24) is 25.6 Å². The van der Waals surface area contributed by atoms with Crippen molar-refractivity contribution in [2.45, 2.75) is 37.4 Å². The summed E-state index contributed by atoms with van der Waals surface area (Å²) < 4.78 is 0. The molecule has 9 nitrogen and oxygen atoms in total. The van der Waals surface area contributed by atoms with Crippen LogP contribution < -0.4 is 20.4 Å². The van der Waals surface area contributed by atoms with Crippen LogP contribution in [0.1, 0.15) is 42.4 Å². The second kappa shape index (κ2) is 8.90. The molecule has 0 radical (unpaired) electrons. The van der Waals surface area contributed by atoms with Gasteiger partial charge < -0.3 is 30.6 Å². The van der Waals surface area contributed by atoms with E-state index < -0.39 is 11.7 Å². The molecule has 0 spiro atoms. The molecule has 1 saturated carbocycles. The Morgan fingerprint density at radius 3 is 2.17 bits per heavy atom. The molecule has 9 heteroatoms. The highest BCUT2D eigenvalue weighted by Gasteiger charge is 2.45. The first-order valence-electron chi connectivity index (χ1n) is 13.7. The molecule has 5 fully saturated rings. The lowest BCUT2D eigenvalue weighted by Gasteiger charge is -2.21. The molecule has 1 aliphatic carbocycles. The molecule has 4 saturated heterocycles. The van der Waals surface area contributed by atoms with E-state index in [9.17, 15) is 10.2 Å². The fourth-order valence-corrected chi connectivity index (χ4v) is 6.66. The Labute approximate surface area is 212 Å². The first kappa shape index (κ1) is 22.8. The van der Waals surface area contributed by atoms with Gasteiger partial charge in [-0.15, -0.1) is 0 Å². The van der Waals surface area contributed by atoms with Crippen molar-refractivity contribution in [3.8, 4) is 0 Å². The van der Waals surface area contributed by atoms with Gasteiger partial charge in [-0.1, -0.05) is 6.07 Å². The van der Waals surface area contributed by atoms with Gasteiger partial charge >= 0.3 is 0 Å². The zero-order valence-corrected chi connectivity index (χ0v) is 20.8. The average Bonchev–Trinajstić information content (AvgIpc) is 3.33. The summed E-state index contributed by atoms with van der Waals surface area (Å²) in [5.74, 6) is 4.41. The molecule has 1 unspecified atom stereocenters. The third-order valence-corrected chi connectivity index (χ3v) is 9.12. The fourth-order valence-electron chi connectivity index (χ4n) is 6.66. The quantitative estimate of drug-likeness (QED) is 0.448. The van der Waals surface area contributed by atoms with Crippen LogP contribution >= 0.6 is 0 Å². The summed E-state index contributed by atoms with van der Waals surface area (Å²) in [7, 11) is 0. The largest absolute Gasteiger partial charge is 0.387 e. The lowest BCUT2D eigenvalue weighted by Crippen LogP contribution is -2.28. The summed E-state index contributed by atoms with van der Waals surface area (Å²) in [5.41, 5.74) is 1.54. The van der Waals surface area contributed by atoms with E-state index >= 15 is 0 Å². The maximum Gasteiger partial charge on any atom is 0.225 e. The molecule has 192 valence electrons. The van der Waals surface area contributed by atoms with Crippen LogP contribution in [0.15, 0.2) is 24.3 Å². The number of aliphatic hydroxyl groups is 2. The normalized spacial score (nSPS) is 31.1. The molecule has 5 atom stereocenters. The molecular formula is C27H37N7O2. The molecule has 4 N–H and O–H groups in total.